The van der Waals surface area contributed by atoms with Crippen molar-refractivity contribution in [2.45, 2.75) is 116 Å². The number of benzene rings is 1. The summed E-state index contributed by atoms with van der Waals surface area (Å²) in [5.41, 5.74) is 1.44. The highest BCUT2D eigenvalue weighted by Crippen LogP contribution is 2.41. The molecule has 0 aliphatic carbocycles. The molecule has 1 heterocycles. The van der Waals surface area contributed by atoms with Gasteiger partial charge in [0.1, 0.15) is 24.2 Å². The van der Waals surface area contributed by atoms with Crippen LogP contribution in [0.3, 0.4) is 0 Å². The zero-order valence-electron chi connectivity index (χ0n) is 21.4. The van der Waals surface area contributed by atoms with E-state index in [2.05, 4.69) is 79.9 Å². The Morgan fingerprint density at radius 2 is 1.45 bits per heavy atom. The molecule has 1 aliphatic heterocycles. The summed E-state index contributed by atoms with van der Waals surface area (Å²) in [6.07, 6.45) is 1.43. The van der Waals surface area contributed by atoms with Crippen molar-refractivity contribution in [3.8, 4) is 11.5 Å². The average molecular weight is 435 g/mol. The third kappa shape index (κ3) is 7.37. The normalized spacial score (nSPS) is 20.5. The van der Waals surface area contributed by atoms with Gasteiger partial charge in [-0.3, -0.25) is 0 Å². The van der Waals surface area contributed by atoms with E-state index >= 15 is 0 Å². The average Bonchev–Trinajstić information content (AvgIpc) is 2.54. The summed E-state index contributed by atoms with van der Waals surface area (Å²) in [4.78, 5) is 0. The van der Waals surface area contributed by atoms with Crippen LogP contribution in [0.15, 0.2) is 12.1 Å². The first kappa shape index (κ1) is 26.0. The van der Waals surface area contributed by atoms with E-state index in [1.54, 1.807) is 0 Å². The molecule has 0 spiro atoms. The molecule has 0 radical (unpaired) electrons. The number of hydrogen-bond donors (Lipinski definition) is 4. The molecule has 0 saturated carbocycles. The second kappa shape index (κ2) is 8.92. The van der Waals surface area contributed by atoms with Crippen LogP contribution in [0.2, 0.25) is 0 Å². The van der Waals surface area contributed by atoms with Crippen LogP contribution in [0.5, 0.6) is 11.5 Å². The summed E-state index contributed by atoms with van der Waals surface area (Å²) in [5.74, 6) is 1.03. The molecule has 5 nitrogen and oxygen atoms in total. The number of ether oxygens (including phenoxy) is 1. The highest BCUT2D eigenvalue weighted by Gasteiger charge is 2.37. The van der Waals surface area contributed by atoms with E-state index in [4.69, 9.17) is 4.74 Å². The summed E-state index contributed by atoms with van der Waals surface area (Å²) in [6.45, 7) is 22.1. The number of hydrogen-bond acceptors (Lipinski definition) is 5. The Hall–Kier alpha value is -1.30. The molecule has 0 bridgehead atoms. The smallest absolute Gasteiger partial charge is 0.123 e. The first-order chi connectivity index (χ1) is 13.9. The number of piperidine rings is 1. The number of aliphatic hydroxyl groups excluding tert-OH is 1. The maximum Gasteiger partial charge on any atom is 0.123 e. The minimum Gasteiger partial charge on any atom is -0.507 e. The van der Waals surface area contributed by atoms with Crippen LogP contribution in [-0.2, 0) is 10.8 Å². The minimum atomic E-state index is -0.605. The van der Waals surface area contributed by atoms with Crippen LogP contribution in [0.4, 0.5) is 0 Å². The van der Waals surface area contributed by atoms with Gasteiger partial charge >= 0.3 is 0 Å². The van der Waals surface area contributed by atoms with Crippen molar-refractivity contribution in [2.75, 3.05) is 13.2 Å². The van der Waals surface area contributed by atoms with Crippen LogP contribution in [-0.4, -0.2) is 46.6 Å². The SMILES string of the molecule is CC1(C)CC(NC[C@H](O)COc2cc(C(C)(C)C)c(O)c(C(C)(C)C)c2)CC(C)(C)N1. The van der Waals surface area contributed by atoms with Gasteiger partial charge < -0.3 is 25.6 Å². The molecule has 5 heteroatoms. The monoisotopic (exact) mass is 434 g/mol. The molecule has 1 aromatic carbocycles. The van der Waals surface area contributed by atoms with E-state index in [-0.39, 0.29) is 28.5 Å². The Morgan fingerprint density at radius 1 is 1.00 bits per heavy atom. The van der Waals surface area contributed by atoms with Crippen LogP contribution < -0.4 is 15.4 Å². The standard InChI is InChI=1S/C26H46N2O3/c1-23(2,3)20-11-19(12-21(22(20)30)24(4,5)6)31-16-18(29)15-27-17-13-25(7,8)28-26(9,10)14-17/h11-12,17-18,27-30H,13-16H2,1-10H3/t18-/m0/s1. The zero-order valence-corrected chi connectivity index (χ0v) is 21.4. The molecule has 178 valence electrons. The highest BCUT2D eigenvalue weighted by atomic mass is 16.5. The van der Waals surface area contributed by atoms with E-state index in [9.17, 15) is 10.2 Å². The quantitative estimate of drug-likeness (QED) is 0.525. The fourth-order valence-electron chi connectivity index (χ4n) is 4.86. The Morgan fingerprint density at radius 3 is 1.87 bits per heavy atom. The van der Waals surface area contributed by atoms with Gasteiger partial charge in [-0.2, -0.15) is 0 Å². The second-order valence-corrected chi connectivity index (χ2v) is 12.7. The van der Waals surface area contributed by atoms with Gasteiger partial charge in [0.05, 0.1) is 0 Å². The van der Waals surface area contributed by atoms with Gasteiger partial charge in [0.15, 0.2) is 0 Å². The van der Waals surface area contributed by atoms with Crippen molar-refractivity contribution in [1.29, 1.82) is 0 Å². The highest BCUT2D eigenvalue weighted by molar-refractivity contribution is 5.51. The number of aromatic hydroxyl groups is 1. The van der Waals surface area contributed by atoms with Gasteiger partial charge in [-0.15, -0.1) is 0 Å². The maximum atomic E-state index is 10.9. The summed E-state index contributed by atoms with van der Waals surface area (Å²) < 4.78 is 6.00. The molecule has 1 aliphatic rings. The van der Waals surface area contributed by atoms with Crippen molar-refractivity contribution in [3.63, 3.8) is 0 Å². The predicted octanol–water partition coefficient (Wildman–Crippen LogP) is 4.63. The largest absolute Gasteiger partial charge is 0.507 e. The van der Waals surface area contributed by atoms with Gasteiger partial charge in [0, 0.05) is 34.8 Å². The molecule has 0 amide bonds. The van der Waals surface area contributed by atoms with Crippen molar-refractivity contribution in [2.24, 2.45) is 0 Å². The second-order valence-electron chi connectivity index (χ2n) is 12.7. The fraction of sp³-hybridized carbons (Fsp3) is 0.769. The van der Waals surface area contributed by atoms with E-state index in [0.717, 1.165) is 24.0 Å². The molecular weight excluding hydrogens is 388 g/mol. The molecular formula is C26H46N2O3. The van der Waals surface area contributed by atoms with Crippen LogP contribution in [0.1, 0.15) is 93.2 Å². The lowest BCUT2D eigenvalue weighted by atomic mass is 9.79. The molecule has 1 atom stereocenters. The Bertz CT molecular complexity index is 706. The fourth-order valence-corrected chi connectivity index (χ4v) is 4.86. The molecule has 2 rings (SSSR count). The van der Waals surface area contributed by atoms with Gasteiger partial charge in [0.25, 0.3) is 0 Å². The van der Waals surface area contributed by atoms with Crippen LogP contribution in [0.25, 0.3) is 0 Å². The summed E-state index contributed by atoms with van der Waals surface area (Å²) in [5, 5.41) is 28.6. The molecule has 0 unspecified atom stereocenters. The van der Waals surface area contributed by atoms with Gasteiger partial charge in [-0.1, -0.05) is 41.5 Å². The van der Waals surface area contributed by atoms with Crippen molar-refractivity contribution in [3.05, 3.63) is 23.3 Å². The summed E-state index contributed by atoms with van der Waals surface area (Å²) in [7, 11) is 0. The van der Waals surface area contributed by atoms with Gasteiger partial charge in [0.2, 0.25) is 0 Å². The number of nitrogens with one attached hydrogen (secondary N) is 2. The topological polar surface area (TPSA) is 73.8 Å². The van der Waals surface area contributed by atoms with Gasteiger partial charge in [-0.05, 0) is 63.5 Å². The molecule has 1 saturated heterocycles. The van der Waals surface area contributed by atoms with E-state index in [0.29, 0.717) is 24.1 Å². The van der Waals surface area contributed by atoms with Crippen molar-refractivity contribution >= 4 is 0 Å². The lowest BCUT2D eigenvalue weighted by Gasteiger charge is -2.47. The Balaban J connectivity index is 2.04. The summed E-state index contributed by atoms with van der Waals surface area (Å²) in [6, 6.07) is 4.17. The maximum absolute atomic E-state index is 10.9. The Labute approximate surface area is 190 Å². The van der Waals surface area contributed by atoms with Gasteiger partial charge in [-0.25, -0.2) is 0 Å². The lowest BCUT2D eigenvalue weighted by Crippen LogP contribution is -2.62. The molecule has 1 aromatic rings. The Kier molecular flexibility index (Phi) is 7.46. The van der Waals surface area contributed by atoms with Crippen molar-refractivity contribution < 1.29 is 14.9 Å². The number of aliphatic hydroxyl groups is 1. The molecule has 1 fully saturated rings. The molecule has 4 N–H and O–H groups in total. The lowest BCUT2D eigenvalue weighted by molar-refractivity contribution is 0.0900. The first-order valence-electron chi connectivity index (χ1n) is 11.6. The minimum absolute atomic E-state index is 0.0691. The van der Waals surface area contributed by atoms with Crippen LogP contribution >= 0.6 is 0 Å². The first-order valence-corrected chi connectivity index (χ1v) is 11.6. The number of rotatable bonds is 6. The van der Waals surface area contributed by atoms with Crippen molar-refractivity contribution in [1.82, 2.24) is 10.6 Å². The number of phenols is 1. The van der Waals surface area contributed by atoms with E-state index in [1.807, 2.05) is 12.1 Å². The molecule has 0 aromatic heterocycles. The zero-order chi connectivity index (χ0) is 23.8. The third-order valence-electron chi connectivity index (χ3n) is 5.97. The molecule has 31 heavy (non-hydrogen) atoms. The summed E-state index contributed by atoms with van der Waals surface area (Å²) >= 11 is 0. The van der Waals surface area contributed by atoms with Crippen LogP contribution in [0, 0.1) is 0 Å². The predicted molar refractivity (Wildman–Crippen MR) is 129 cm³/mol. The van der Waals surface area contributed by atoms with E-state index in [1.165, 1.54) is 0 Å². The number of phenolic OH excluding ortho intramolecular Hbond substituents is 1. The van der Waals surface area contributed by atoms with E-state index < -0.39 is 6.10 Å². The third-order valence-corrected chi connectivity index (χ3v) is 5.97.